The molecule has 0 aromatic heterocycles. The van der Waals surface area contributed by atoms with Crippen LogP contribution in [0, 0.1) is 5.82 Å². The summed E-state index contributed by atoms with van der Waals surface area (Å²) in [6, 6.07) is 8.90. The van der Waals surface area contributed by atoms with E-state index in [1.165, 1.54) is 49.4 Å². The van der Waals surface area contributed by atoms with Gasteiger partial charge in [-0.1, -0.05) is 18.2 Å². The van der Waals surface area contributed by atoms with E-state index in [0.29, 0.717) is 11.1 Å². The molecule has 5 rings (SSSR count). The van der Waals surface area contributed by atoms with Crippen molar-refractivity contribution in [1.29, 1.82) is 0 Å². The molecule has 2 aromatic carbocycles. The second kappa shape index (κ2) is 13.8. The largest absolute Gasteiger partial charge is 0.504 e. The first-order valence-electron chi connectivity index (χ1n) is 14.3. The first-order chi connectivity index (χ1) is 21.5. The molecule has 3 fully saturated rings. The Morgan fingerprint density at radius 1 is 0.956 bits per heavy atom. The molecule has 7 N–H and O–H groups in total. The van der Waals surface area contributed by atoms with Crippen LogP contribution in [0.1, 0.15) is 19.4 Å². The number of benzene rings is 2. The predicted octanol–water partition coefficient (Wildman–Crippen LogP) is 0.108. The molecule has 0 unspecified atom stereocenters. The fourth-order valence-corrected chi connectivity index (χ4v) is 5.45. The molecular weight excluding hydrogens is 597 g/mol. The standard InChI is InChI=1S/C31H36FNO12/c1-14(9-10-41-19-6-4-3-5-17(19)32)27-25(38)26(39)31(45-27)44-20-8-7-16(12-18(20)34)11-15(2)30(40)33-21-22(35)24(37)29-28(23(21)36)42-13-43-29/h3-9,11-12,21-29,31,34-39H,10,13H2,1-2H3,(H,33,40)/t21-,22+,23-,24-,25+,26+,27-,28+,29-,31-/m1/s1. The normalized spacial score (nSPS) is 33.5. The Labute approximate surface area is 257 Å². The average molecular weight is 634 g/mol. The lowest BCUT2D eigenvalue weighted by Gasteiger charge is -2.41. The number of phenols is 1. The van der Waals surface area contributed by atoms with Gasteiger partial charge in [-0.05, 0) is 61.4 Å². The van der Waals surface area contributed by atoms with Crippen molar-refractivity contribution in [2.45, 2.75) is 75.0 Å². The quantitative estimate of drug-likeness (QED) is 0.146. The maximum absolute atomic E-state index is 13.8. The predicted molar refractivity (Wildman–Crippen MR) is 153 cm³/mol. The number of aliphatic hydroxyl groups is 5. The number of hydrogen-bond donors (Lipinski definition) is 7. The first-order valence-corrected chi connectivity index (χ1v) is 14.3. The fraction of sp³-hybridized carbons (Fsp3) is 0.452. The van der Waals surface area contributed by atoms with Crippen LogP contribution >= 0.6 is 0 Å². The topological polar surface area (TPSA) is 197 Å². The molecule has 0 spiro atoms. The number of halogens is 1. The number of para-hydroxylation sites is 1. The van der Waals surface area contributed by atoms with Crippen LogP contribution < -0.4 is 14.8 Å². The molecular formula is C31H36FNO12. The summed E-state index contributed by atoms with van der Waals surface area (Å²) in [6.07, 6.45) is -8.13. The van der Waals surface area contributed by atoms with E-state index in [2.05, 4.69) is 5.32 Å². The minimum absolute atomic E-state index is 0.0116. The Hall–Kier alpha value is -3.60. The molecule has 2 aromatic rings. The Kier molecular flexibility index (Phi) is 10.1. The molecule has 2 aliphatic heterocycles. The summed E-state index contributed by atoms with van der Waals surface area (Å²) in [7, 11) is 0. The summed E-state index contributed by atoms with van der Waals surface area (Å²) in [5, 5.41) is 65.5. The lowest BCUT2D eigenvalue weighted by atomic mass is 9.83. The van der Waals surface area contributed by atoms with Gasteiger partial charge < -0.3 is 59.6 Å². The van der Waals surface area contributed by atoms with E-state index in [-0.39, 0.29) is 36.2 Å². The van der Waals surface area contributed by atoms with Crippen LogP contribution in [0.25, 0.3) is 6.08 Å². The fourth-order valence-electron chi connectivity index (χ4n) is 5.45. The lowest BCUT2D eigenvalue weighted by Crippen LogP contribution is -2.67. The molecule has 14 heteroatoms. The molecule has 1 saturated carbocycles. The number of carbonyl (C=O) groups is 1. The zero-order valence-electron chi connectivity index (χ0n) is 24.4. The van der Waals surface area contributed by atoms with E-state index >= 15 is 0 Å². The zero-order chi connectivity index (χ0) is 32.4. The molecule has 1 aliphatic carbocycles. The molecule has 244 valence electrons. The molecule has 0 radical (unpaired) electrons. The van der Waals surface area contributed by atoms with Crippen LogP contribution in [0.4, 0.5) is 4.39 Å². The molecule has 10 atom stereocenters. The highest BCUT2D eigenvalue weighted by Crippen LogP contribution is 2.34. The van der Waals surface area contributed by atoms with Crippen LogP contribution in [-0.2, 0) is 19.0 Å². The Bertz CT molecular complexity index is 1440. The maximum atomic E-state index is 13.8. The summed E-state index contributed by atoms with van der Waals surface area (Å²) in [4.78, 5) is 12.9. The number of rotatable bonds is 9. The van der Waals surface area contributed by atoms with Gasteiger partial charge in [0.1, 0.15) is 62.2 Å². The highest BCUT2D eigenvalue weighted by atomic mass is 19.1. The monoisotopic (exact) mass is 633 g/mol. The summed E-state index contributed by atoms with van der Waals surface area (Å²) in [6.45, 7) is 2.96. The van der Waals surface area contributed by atoms with Gasteiger partial charge in [-0.3, -0.25) is 4.79 Å². The second-order valence-corrected chi connectivity index (χ2v) is 11.1. The minimum Gasteiger partial charge on any atom is -0.504 e. The van der Waals surface area contributed by atoms with Crippen molar-refractivity contribution in [3.63, 3.8) is 0 Å². The molecule has 2 heterocycles. The van der Waals surface area contributed by atoms with Gasteiger partial charge in [0, 0.05) is 5.57 Å². The van der Waals surface area contributed by atoms with Crippen LogP contribution in [0.3, 0.4) is 0 Å². The van der Waals surface area contributed by atoms with Crippen LogP contribution in [-0.4, -0.2) is 111 Å². The van der Waals surface area contributed by atoms with E-state index in [4.69, 9.17) is 23.7 Å². The van der Waals surface area contributed by atoms with Crippen molar-refractivity contribution in [3.05, 3.63) is 71.1 Å². The number of nitrogens with one attached hydrogen (secondary N) is 1. The van der Waals surface area contributed by atoms with E-state index in [1.807, 2.05) is 0 Å². The Morgan fingerprint density at radius 3 is 2.38 bits per heavy atom. The molecule has 45 heavy (non-hydrogen) atoms. The van der Waals surface area contributed by atoms with Gasteiger partial charge >= 0.3 is 0 Å². The smallest absolute Gasteiger partial charge is 0.247 e. The highest BCUT2D eigenvalue weighted by molar-refractivity contribution is 5.97. The van der Waals surface area contributed by atoms with Gasteiger partial charge in [-0.25, -0.2) is 4.39 Å². The summed E-state index contributed by atoms with van der Waals surface area (Å²) in [5.41, 5.74) is 1.06. The van der Waals surface area contributed by atoms with Gasteiger partial charge in [0.15, 0.2) is 23.1 Å². The number of fused-ring (bicyclic) bond motifs is 1. The third-order valence-corrected chi connectivity index (χ3v) is 8.02. The maximum Gasteiger partial charge on any atom is 0.247 e. The summed E-state index contributed by atoms with van der Waals surface area (Å²) < 4.78 is 41.0. The number of aliphatic hydroxyl groups excluding tert-OH is 5. The molecule has 2 saturated heterocycles. The van der Waals surface area contributed by atoms with Crippen molar-refractivity contribution in [3.8, 4) is 17.2 Å². The third kappa shape index (κ3) is 6.98. The van der Waals surface area contributed by atoms with E-state index in [1.54, 1.807) is 19.1 Å². The third-order valence-electron chi connectivity index (χ3n) is 8.02. The SMILES string of the molecule is CC(=Cc1ccc(O[C@@H]2O[C@H](C(C)=CCOc3ccccc3F)[C@@H](O)[C@@H]2O)c(O)c1)C(=O)N[C@@H]1[C@H](O)[C@@H](O)[C@H]2OCO[C@H]2[C@@H]1O. The van der Waals surface area contributed by atoms with E-state index in [0.717, 1.165) is 0 Å². The number of amides is 1. The van der Waals surface area contributed by atoms with E-state index < -0.39 is 72.9 Å². The number of ether oxygens (including phenoxy) is 5. The van der Waals surface area contributed by atoms with Crippen molar-refractivity contribution >= 4 is 12.0 Å². The van der Waals surface area contributed by atoms with Gasteiger partial charge in [0.2, 0.25) is 12.2 Å². The van der Waals surface area contributed by atoms with Crippen molar-refractivity contribution < 1.29 is 63.5 Å². The lowest BCUT2D eigenvalue weighted by molar-refractivity contribution is -0.155. The molecule has 1 amide bonds. The molecule has 0 bridgehead atoms. The average Bonchev–Trinajstić information content (AvgIpc) is 3.62. The van der Waals surface area contributed by atoms with Crippen LogP contribution in [0.5, 0.6) is 17.2 Å². The van der Waals surface area contributed by atoms with Crippen LogP contribution in [0.15, 0.2) is 59.7 Å². The van der Waals surface area contributed by atoms with Crippen LogP contribution in [0.2, 0.25) is 0 Å². The van der Waals surface area contributed by atoms with Gasteiger partial charge in [0.25, 0.3) is 0 Å². The van der Waals surface area contributed by atoms with Gasteiger partial charge in [-0.15, -0.1) is 0 Å². The molecule has 3 aliphatic rings. The summed E-state index contributed by atoms with van der Waals surface area (Å²) in [5.74, 6) is -1.51. The van der Waals surface area contributed by atoms with Gasteiger partial charge in [-0.2, -0.15) is 0 Å². The minimum atomic E-state index is -1.50. The number of phenolic OH excluding ortho intramolecular Hbond substituents is 1. The highest BCUT2D eigenvalue weighted by Gasteiger charge is 2.53. The summed E-state index contributed by atoms with van der Waals surface area (Å²) >= 11 is 0. The Morgan fingerprint density at radius 2 is 1.67 bits per heavy atom. The molecule has 13 nitrogen and oxygen atoms in total. The van der Waals surface area contributed by atoms with Crippen molar-refractivity contribution in [1.82, 2.24) is 5.32 Å². The van der Waals surface area contributed by atoms with Crippen molar-refractivity contribution in [2.24, 2.45) is 0 Å². The first kappa shape index (κ1) is 32.8. The van der Waals surface area contributed by atoms with Crippen molar-refractivity contribution in [2.75, 3.05) is 13.4 Å². The number of aromatic hydroxyl groups is 1. The Balaban J connectivity index is 1.18. The second-order valence-electron chi connectivity index (χ2n) is 11.1. The van der Waals surface area contributed by atoms with Gasteiger partial charge in [0.05, 0.1) is 6.04 Å². The number of hydrogen-bond acceptors (Lipinski definition) is 12. The van der Waals surface area contributed by atoms with E-state index in [9.17, 15) is 39.8 Å². The number of carbonyl (C=O) groups excluding carboxylic acids is 1. The zero-order valence-corrected chi connectivity index (χ0v) is 24.4.